The van der Waals surface area contributed by atoms with E-state index in [1.807, 2.05) is 18.2 Å². The molecule has 0 amide bonds. The molecule has 0 aliphatic carbocycles. The first-order valence-electron chi connectivity index (χ1n) is 6.83. The fourth-order valence-electron chi connectivity index (χ4n) is 2.11. The minimum absolute atomic E-state index is 0. The molecular formula is C17H22ClN3. The average molecular weight is 304 g/mol. The summed E-state index contributed by atoms with van der Waals surface area (Å²) in [7, 11) is 0. The molecule has 0 unspecified atom stereocenters. The number of hydrogen-bond donors (Lipinski definition) is 2. The number of aryl methyl sites for hydroxylation is 1. The molecule has 0 heterocycles. The van der Waals surface area contributed by atoms with Crippen LogP contribution in [0.5, 0.6) is 0 Å². The first kappa shape index (κ1) is 17.1. The third-order valence-electron chi connectivity index (χ3n) is 3.27. The van der Waals surface area contributed by atoms with E-state index in [2.05, 4.69) is 48.2 Å². The third kappa shape index (κ3) is 5.48. The monoisotopic (exact) mass is 303 g/mol. The Kier molecular flexibility index (Phi) is 6.76. The molecule has 21 heavy (non-hydrogen) atoms. The van der Waals surface area contributed by atoms with Crippen molar-refractivity contribution in [2.45, 2.75) is 19.9 Å². The summed E-state index contributed by atoms with van der Waals surface area (Å²) in [6.07, 6.45) is 0.584. The molecular weight excluding hydrogens is 282 g/mol. The van der Waals surface area contributed by atoms with Gasteiger partial charge in [0.1, 0.15) is 0 Å². The Morgan fingerprint density at radius 1 is 1.05 bits per heavy atom. The zero-order valence-electron chi connectivity index (χ0n) is 12.3. The van der Waals surface area contributed by atoms with Gasteiger partial charge < -0.3 is 10.6 Å². The minimum atomic E-state index is 0. The van der Waals surface area contributed by atoms with Crippen LogP contribution in [0.4, 0.5) is 5.69 Å². The minimum Gasteiger partial charge on any atom is -0.388 e. The van der Waals surface area contributed by atoms with Crippen LogP contribution in [0.25, 0.3) is 0 Å². The summed E-state index contributed by atoms with van der Waals surface area (Å²) in [5, 5.41) is 7.42. The maximum atomic E-state index is 7.42. The average Bonchev–Trinajstić information content (AvgIpc) is 2.45. The van der Waals surface area contributed by atoms with Crippen molar-refractivity contribution in [1.29, 1.82) is 5.41 Å². The van der Waals surface area contributed by atoms with E-state index in [1.165, 1.54) is 16.8 Å². The molecule has 2 aromatic rings. The van der Waals surface area contributed by atoms with Crippen molar-refractivity contribution >= 4 is 23.9 Å². The Morgan fingerprint density at radius 2 is 1.67 bits per heavy atom. The summed E-state index contributed by atoms with van der Waals surface area (Å²) in [4.78, 5) is 2.26. The van der Waals surface area contributed by atoms with Gasteiger partial charge in [0, 0.05) is 25.2 Å². The fraction of sp³-hybridized carbons (Fsp3) is 0.235. The largest absolute Gasteiger partial charge is 0.388 e. The van der Waals surface area contributed by atoms with Gasteiger partial charge in [-0.05, 0) is 24.6 Å². The first-order chi connectivity index (χ1) is 9.65. The normalized spacial score (nSPS) is 9.76. The molecule has 0 aliphatic rings. The van der Waals surface area contributed by atoms with Crippen LogP contribution in [0.1, 0.15) is 17.5 Å². The van der Waals surface area contributed by atoms with Crippen LogP contribution in [-0.4, -0.2) is 12.4 Å². The summed E-state index contributed by atoms with van der Waals surface area (Å²) in [6, 6.07) is 18.8. The lowest BCUT2D eigenvalue weighted by molar-refractivity contribution is 0.802. The summed E-state index contributed by atoms with van der Waals surface area (Å²) >= 11 is 0. The van der Waals surface area contributed by atoms with Crippen LogP contribution in [0.15, 0.2) is 54.6 Å². The fourth-order valence-corrected chi connectivity index (χ4v) is 2.11. The number of halogens is 1. The second-order valence-corrected chi connectivity index (χ2v) is 5.02. The molecule has 0 fully saturated rings. The molecule has 0 bridgehead atoms. The van der Waals surface area contributed by atoms with Crippen molar-refractivity contribution in [2.24, 2.45) is 5.73 Å². The maximum absolute atomic E-state index is 7.42. The van der Waals surface area contributed by atoms with Crippen molar-refractivity contribution in [1.82, 2.24) is 0 Å². The highest BCUT2D eigenvalue weighted by Gasteiger charge is 2.07. The quantitative estimate of drug-likeness (QED) is 0.631. The van der Waals surface area contributed by atoms with Gasteiger partial charge in [0.05, 0.1) is 5.84 Å². The van der Waals surface area contributed by atoms with Gasteiger partial charge in [-0.1, -0.05) is 48.0 Å². The van der Waals surface area contributed by atoms with E-state index in [0.717, 1.165) is 13.1 Å². The van der Waals surface area contributed by atoms with Crippen LogP contribution in [0.2, 0.25) is 0 Å². The van der Waals surface area contributed by atoms with Gasteiger partial charge in [-0.2, -0.15) is 0 Å². The molecule has 0 spiro atoms. The maximum Gasteiger partial charge on any atom is 0.0923 e. The van der Waals surface area contributed by atoms with E-state index >= 15 is 0 Å². The zero-order chi connectivity index (χ0) is 14.4. The number of amidine groups is 1. The van der Waals surface area contributed by atoms with Crippen molar-refractivity contribution in [3.05, 3.63) is 65.7 Å². The predicted molar refractivity (Wildman–Crippen MR) is 92.5 cm³/mol. The highest BCUT2D eigenvalue weighted by molar-refractivity contribution is 5.85. The summed E-state index contributed by atoms with van der Waals surface area (Å²) in [5.41, 5.74) is 9.17. The Bertz CT molecular complexity index is 552. The van der Waals surface area contributed by atoms with E-state index in [1.54, 1.807) is 0 Å². The van der Waals surface area contributed by atoms with Crippen LogP contribution in [0.3, 0.4) is 0 Å². The topological polar surface area (TPSA) is 53.1 Å². The molecule has 0 aliphatic heterocycles. The Morgan fingerprint density at radius 3 is 2.24 bits per heavy atom. The number of benzene rings is 2. The third-order valence-corrected chi connectivity index (χ3v) is 3.27. The predicted octanol–water partition coefficient (Wildman–Crippen LogP) is 3.75. The molecule has 3 nitrogen and oxygen atoms in total. The van der Waals surface area contributed by atoms with Gasteiger partial charge in [0.15, 0.2) is 0 Å². The second kappa shape index (κ2) is 8.32. The zero-order valence-corrected chi connectivity index (χ0v) is 13.1. The first-order valence-corrected chi connectivity index (χ1v) is 6.83. The summed E-state index contributed by atoms with van der Waals surface area (Å²) < 4.78 is 0. The molecule has 0 saturated heterocycles. The Labute approximate surface area is 132 Å². The number of hydrogen-bond acceptors (Lipinski definition) is 2. The van der Waals surface area contributed by atoms with E-state index in [9.17, 15) is 0 Å². The van der Waals surface area contributed by atoms with Gasteiger partial charge in [0.2, 0.25) is 0 Å². The van der Waals surface area contributed by atoms with Crippen LogP contribution in [0, 0.1) is 12.3 Å². The SMILES string of the molecule is Cc1ccc(N(CCC(=N)N)Cc2ccccc2)cc1.Cl. The second-order valence-electron chi connectivity index (χ2n) is 5.02. The number of nitrogens with two attached hydrogens (primary N) is 1. The van der Waals surface area contributed by atoms with Gasteiger partial charge in [-0.3, -0.25) is 5.41 Å². The van der Waals surface area contributed by atoms with Crippen molar-refractivity contribution in [3.63, 3.8) is 0 Å². The van der Waals surface area contributed by atoms with Gasteiger partial charge in [0.25, 0.3) is 0 Å². The van der Waals surface area contributed by atoms with Crippen molar-refractivity contribution in [3.8, 4) is 0 Å². The molecule has 2 aromatic carbocycles. The molecule has 2 rings (SSSR count). The van der Waals surface area contributed by atoms with Crippen LogP contribution >= 0.6 is 12.4 Å². The standard InChI is InChI=1S/C17H21N3.ClH/c1-14-7-9-16(10-8-14)20(12-11-17(18)19)13-15-5-3-2-4-6-15;/h2-10H,11-13H2,1H3,(H3,18,19);1H. The highest BCUT2D eigenvalue weighted by Crippen LogP contribution is 2.18. The number of anilines is 1. The van der Waals surface area contributed by atoms with E-state index in [-0.39, 0.29) is 18.2 Å². The number of nitrogens with one attached hydrogen (secondary N) is 1. The number of nitrogens with zero attached hydrogens (tertiary/aromatic N) is 1. The Balaban J connectivity index is 0.00000220. The highest BCUT2D eigenvalue weighted by atomic mass is 35.5. The lowest BCUT2D eigenvalue weighted by Gasteiger charge is -2.25. The van der Waals surface area contributed by atoms with E-state index < -0.39 is 0 Å². The van der Waals surface area contributed by atoms with Crippen molar-refractivity contribution in [2.75, 3.05) is 11.4 Å². The summed E-state index contributed by atoms with van der Waals surface area (Å²) in [6.45, 7) is 3.67. The molecule has 0 radical (unpaired) electrons. The van der Waals surface area contributed by atoms with E-state index in [4.69, 9.17) is 11.1 Å². The van der Waals surface area contributed by atoms with Crippen molar-refractivity contribution < 1.29 is 0 Å². The molecule has 0 saturated carbocycles. The van der Waals surface area contributed by atoms with Gasteiger partial charge in [-0.15, -0.1) is 12.4 Å². The molecule has 112 valence electrons. The summed E-state index contributed by atoms with van der Waals surface area (Å²) in [5.74, 6) is 0.232. The lowest BCUT2D eigenvalue weighted by atomic mass is 10.1. The number of rotatable bonds is 6. The molecule has 3 N–H and O–H groups in total. The van der Waals surface area contributed by atoms with Gasteiger partial charge >= 0.3 is 0 Å². The van der Waals surface area contributed by atoms with Crippen LogP contribution < -0.4 is 10.6 Å². The van der Waals surface area contributed by atoms with E-state index in [0.29, 0.717) is 6.42 Å². The van der Waals surface area contributed by atoms with Crippen LogP contribution in [-0.2, 0) is 6.54 Å². The lowest BCUT2D eigenvalue weighted by Crippen LogP contribution is -2.27. The van der Waals surface area contributed by atoms with Gasteiger partial charge in [-0.25, -0.2) is 0 Å². The Hall–Kier alpha value is -2.00. The smallest absolute Gasteiger partial charge is 0.0923 e. The molecule has 0 aromatic heterocycles. The molecule has 4 heteroatoms. The molecule has 0 atom stereocenters.